The van der Waals surface area contributed by atoms with Crippen LogP contribution in [0.3, 0.4) is 0 Å². The largest absolute Gasteiger partial charge is 0.511 e. The number of hydrogen-bond donors (Lipinski definition) is 1. The first kappa shape index (κ1) is 19.7. The molecule has 6 nitrogen and oxygen atoms in total. The van der Waals surface area contributed by atoms with Crippen molar-refractivity contribution >= 4 is 35.3 Å². The van der Waals surface area contributed by atoms with Crippen LogP contribution in [0.1, 0.15) is 6.92 Å². The van der Waals surface area contributed by atoms with Crippen molar-refractivity contribution in [2.24, 2.45) is 0 Å². The summed E-state index contributed by atoms with van der Waals surface area (Å²) in [5, 5.41) is 9.91. The Hall–Kier alpha value is -3.09. The summed E-state index contributed by atoms with van der Waals surface area (Å²) in [6.45, 7) is 1.27. The molecule has 142 valence electrons. The summed E-state index contributed by atoms with van der Waals surface area (Å²) in [5.41, 5.74) is 1.95. The van der Waals surface area contributed by atoms with Crippen LogP contribution in [0.2, 0.25) is 10.0 Å². The second-order valence-corrected chi connectivity index (χ2v) is 6.56. The Kier molecular flexibility index (Phi) is 5.82. The minimum atomic E-state index is -1.46. The van der Waals surface area contributed by atoms with E-state index in [1.54, 1.807) is 36.4 Å². The van der Waals surface area contributed by atoms with Gasteiger partial charge in [-0.3, -0.25) is 4.79 Å². The maximum atomic E-state index is 11.4. The molecular formula is C20H13Cl2NO5. The number of carbonyl (C=O) groups is 2. The van der Waals surface area contributed by atoms with Gasteiger partial charge < -0.3 is 14.6 Å². The van der Waals surface area contributed by atoms with Crippen molar-refractivity contribution in [2.45, 2.75) is 6.92 Å². The molecule has 0 radical (unpaired) electrons. The SMILES string of the molecule is CC(=O)Oc1cc(Cl)ccc1-c1cc(OC(=O)O)cc(-c2ccc(Cl)cc2)n1. The van der Waals surface area contributed by atoms with E-state index in [1.165, 1.54) is 25.1 Å². The number of pyridine rings is 1. The molecule has 0 saturated heterocycles. The number of rotatable bonds is 4. The number of nitrogens with zero attached hydrogens (tertiary/aromatic N) is 1. The zero-order chi connectivity index (χ0) is 20.3. The number of esters is 1. The van der Waals surface area contributed by atoms with E-state index >= 15 is 0 Å². The first-order valence-corrected chi connectivity index (χ1v) is 8.74. The first-order chi connectivity index (χ1) is 13.3. The van der Waals surface area contributed by atoms with Gasteiger partial charge in [-0.25, -0.2) is 9.78 Å². The highest BCUT2D eigenvalue weighted by Gasteiger charge is 2.15. The highest BCUT2D eigenvalue weighted by atomic mass is 35.5. The minimum Gasteiger partial charge on any atom is -0.449 e. The van der Waals surface area contributed by atoms with Crippen molar-refractivity contribution < 1.29 is 24.2 Å². The molecular weight excluding hydrogens is 405 g/mol. The lowest BCUT2D eigenvalue weighted by Crippen LogP contribution is -2.05. The normalized spacial score (nSPS) is 10.4. The van der Waals surface area contributed by atoms with Gasteiger partial charge in [-0.05, 0) is 24.3 Å². The Morgan fingerprint density at radius 3 is 2.18 bits per heavy atom. The lowest BCUT2D eigenvalue weighted by atomic mass is 10.1. The van der Waals surface area contributed by atoms with Gasteiger partial charge in [0.1, 0.15) is 11.5 Å². The summed E-state index contributed by atoms with van der Waals surface area (Å²) >= 11 is 11.9. The van der Waals surface area contributed by atoms with Crippen LogP contribution in [-0.4, -0.2) is 22.2 Å². The first-order valence-electron chi connectivity index (χ1n) is 7.99. The smallest absolute Gasteiger partial charge is 0.449 e. The zero-order valence-corrected chi connectivity index (χ0v) is 16.0. The van der Waals surface area contributed by atoms with Crippen molar-refractivity contribution in [1.29, 1.82) is 0 Å². The number of halogens is 2. The fraction of sp³-hybridized carbons (Fsp3) is 0.0500. The molecule has 28 heavy (non-hydrogen) atoms. The summed E-state index contributed by atoms with van der Waals surface area (Å²) in [6, 6.07) is 14.5. The lowest BCUT2D eigenvalue weighted by Gasteiger charge is -2.12. The average molecular weight is 418 g/mol. The molecule has 2 aromatic carbocycles. The molecule has 0 saturated carbocycles. The van der Waals surface area contributed by atoms with E-state index in [2.05, 4.69) is 4.98 Å². The predicted octanol–water partition coefficient (Wildman–Crippen LogP) is 5.70. The zero-order valence-electron chi connectivity index (χ0n) is 14.5. The topological polar surface area (TPSA) is 85.7 Å². The van der Waals surface area contributed by atoms with Crippen LogP contribution < -0.4 is 9.47 Å². The lowest BCUT2D eigenvalue weighted by molar-refractivity contribution is -0.131. The average Bonchev–Trinajstić information content (AvgIpc) is 2.61. The third kappa shape index (κ3) is 4.79. The fourth-order valence-electron chi connectivity index (χ4n) is 2.52. The van der Waals surface area contributed by atoms with Gasteiger partial charge in [0.2, 0.25) is 0 Å². The monoisotopic (exact) mass is 417 g/mol. The van der Waals surface area contributed by atoms with Crippen molar-refractivity contribution in [3.05, 3.63) is 64.6 Å². The van der Waals surface area contributed by atoms with E-state index in [1.807, 2.05) is 0 Å². The highest BCUT2D eigenvalue weighted by Crippen LogP contribution is 2.35. The maximum absolute atomic E-state index is 11.4. The van der Waals surface area contributed by atoms with Crippen LogP contribution in [0.5, 0.6) is 11.5 Å². The van der Waals surface area contributed by atoms with Gasteiger partial charge in [-0.15, -0.1) is 0 Å². The van der Waals surface area contributed by atoms with Crippen molar-refractivity contribution in [2.75, 3.05) is 0 Å². The van der Waals surface area contributed by atoms with Crippen molar-refractivity contribution in [3.8, 4) is 34.0 Å². The predicted molar refractivity (Wildman–Crippen MR) is 105 cm³/mol. The molecule has 0 aliphatic carbocycles. The summed E-state index contributed by atoms with van der Waals surface area (Å²) < 4.78 is 10.0. The second-order valence-electron chi connectivity index (χ2n) is 5.68. The van der Waals surface area contributed by atoms with Gasteiger partial charge in [-0.1, -0.05) is 35.3 Å². The number of ether oxygens (including phenoxy) is 2. The Morgan fingerprint density at radius 1 is 0.893 bits per heavy atom. The van der Waals surface area contributed by atoms with Gasteiger partial charge in [0.05, 0.1) is 11.4 Å². The van der Waals surface area contributed by atoms with E-state index < -0.39 is 12.1 Å². The number of carboxylic acid groups (broad SMARTS) is 1. The molecule has 0 bridgehead atoms. The van der Waals surface area contributed by atoms with E-state index in [4.69, 9.17) is 37.8 Å². The van der Waals surface area contributed by atoms with Gasteiger partial charge in [0, 0.05) is 46.3 Å². The van der Waals surface area contributed by atoms with E-state index in [-0.39, 0.29) is 11.5 Å². The molecule has 0 aliphatic rings. The molecule has 1 aromatic heterocycles. The fourth-order valence-corrected chi connectivity index (χ4v) is 2.81. The third-order valence-corrected chi connectivity index (χ3v) is 4.10. The summed E-state index contributed by atoms with van der Waals surface area (Å²) in [4.78, 5) is 27.0. The van der Waals surface area contributed by atoms with Crippen molar-refractivity contribution in [3.63, 3.8) is 0 Å². The van der Waals surface area contributed by atoms with Crippen LogP contribution in [0.4, 0.5) is 4.79 Å². The quantitative estimate of drug-likeness (QED) is 0.432. The van der Waals surface area contributed by atoms with Gasteiger partial charge in [-0.2, -0.15) is 0 Å². The molecule has 3 aromatic rings. The molecule has 0 fully saturated rings. The molecule has 1 N–H and O–H groups in total. The number of hydrogen-bond acceptors (Lipinski definition) is 5. The number of benzene rings is 2. The highest BCUT2D eigenvalue weighted by molar-refractivity contribution is 6.31. The molecule has 1 heterocycles. The van der Waals surface area contributed by atoms with Crippen LogP contribution in [-0.2, 0) is 4.79 Å². The van der Waals surface area contributed by atoms with Crippen molar-refractivity contribution in [1.82, 2.24) is 4.98 Å². The van der Waals surface area contributed by atoms with E-state index in [0.717, 1.165) is 0 Å². The maximum Gasteiger partial charge on any atom is 0.511 e. The third-order valence-electron chi connectivity index (χ3n) is 3.62. The van der Waals surface area contributed by atoms with Crippen LogP contribution in [0.25, 0.3) is 22.5 Å². The van der Waals surface area contributed by atoms with Crippen LogP contribution >= 0.6 is 23.2 Å². The molecule has 0 spiro atoms. The Bertz CT molecular complexity index is 1050. The van der Waals surface area contributed by atoms with E-state index in [9.17, 15) is 9.59 Å². The van der Waals surface area contributed by atoms with E-state index in [0.29, 0.717) is 32.6 Å². The Labute approximate surface area is 170 Å². The molecule has 0 aliphatic heterocycles. The number of aromatic nitrogens is 1. The summed E-state index contributed by atoms with van der Waals surface area (Å²) in [5.74, 6) is -0.271. The molecule has 8 heteroatoms. The molecule has 0 amide bonds. The standard InChI is InChI=1S/C20H13Cl2NO5/c1-11(24)27-19-8-14(22)6-7-16(19)18-10-15(28-20(25)26)9-17(23-18)12-2-4-13(21)5-3-12/h2-10H,1H3,(H,25,26). The van der Waals surface area contributed by atoms with Gasteiger partial charge in [0.15, 0.2) is 0 Å². The minimum absolute atomic E-state index is 0.0613. The molecule has 0 atom stereocenters. The second kappa shape index (κ2) is 8.29. The van der Waals surface area contributed by atoms with Gasteiger partial charge in [0.25, 0.3) is 0 Å². The van der Waals surface area contributed by atoms with Gasteiger partial charge >= 0.3 is 12.1 Å². The van der Waals surface area contributed by atoms with Crippen LogP contribution in [0.15, 0.2) is 54.6 Å². The Balaban J connectivity index is 2.17. The summed E-state index contributed by atoms with van der Waals surface area (Å²) in [6.07, 6.45) is -1.46. The van der Waals surface area contributed by atoms with Crippen LogP contribution in [0, 0.1) is 0 Å². The summed E-state index contributed by atoms with van der Waals surface area (Å²) in [7, 11) is 0. The molecule has 0 unspecified atom stereocenters. The Morgan fingerprint density at radius 2 is 1.54 bits per heavy atom. The number of carbonyl (C=O) groups excluding carboxylic acids is 1. The molecule has 3 rings (SSSR count).